The third-order valence-electron chi connectivity index (χ3n) is 6.00. The summed E-state index contributed by atoms with van der Waals surface area (Å²) in [5.41, 5.74) is 5.61. The molecule has 4 nitrogen and oxygen atoms in total. The number of methoxy groups -OCH3 is 2. The fourth-order valence-electron chi connectivity index (χ4n) is 4.58. The number of fused-ring (bicyclic) bond motifs is 2. The summed E-state index contributed by atoms with van der Waals surface area (Å²) >= 11 is 0. The van der Waals surface area contributed by atoms with E-state index in [0.717, 1.165) is 18.6 Å². The second-order valence-electron chi connectivity index (χ2n) is 7.63. The standard InChI is InChI=1S/C24H26FNO3/c1-28-22-12-18-16-8-4-5-9-17(16)20(19(18)13-23(22)29-2)14-26-24(27)11-15-7-3-6-10-21(15)25/h3,6-7,10,12-13,20H,4-5,8-9,11,14H2,1-2H3,(H,26,27)/t20-/m1/s1. The number of hydrogen-bond acceptors (Lipinski definition) is 3. The normalized spacial score (nSPS) is 17.6. The van der Waals surface area contributed by atoms with Crippen molar-refractivity contribution in [1.82, 2.24) is 5.32 Å². The number of allylic oxidation sites excluding steroid dienone is 1. The van der Waals surface area contributed by atoms with E-state index in [9.17, 15) is 9.18 Å². The van der Waals surface area contributed by atoms with E-state index in [2.05, 4.69) is 11.4 Å². The summed E-state index contributed by atoms with van der Waals surface area (Å²) < 4.78 is 24.9. The molecule has 4 rings (SSSR count). The molecule has 0 aliphatic heterocycles. The van der Waals surface area contributed by atoms with Crippen LogP contribution in [0.25, 0.3) is 5.57 Å². The number of carbonyl (C=O) groups is 1. The summed E-state index contributed by atoms with van der Waals surface area (Å²) in [4.78, 5) is 12.5. The van der Waals surface area contributed by atoms with Gasteiger partial charge in [0.2, 0.25) is 5.91 Å². The largest absolute Gasteiger partial charge is 0.493 e. The second-order valence-corrected chi connectivity index (χ2v) is 7.63. The molecule has 0 heterocycles. The molecule has 1 N–H and O–H groups in total. The van der Waals surface area contributed by atoms with Crippen LogP contribution in [0.15, 0.2) is 42.0 Å². The summed E-state index contributed by atoms with van der Waals surface area (Å²) in [6, 6.07) is 10.5. The predicted molar refractivity (Wildman–Crippen MR) is 111 cm³/mol. The minimum absolute atomic E-state index is 0.0457. The van der Waals surface area contributed by atoms with Gasteiger partial charge in [-0.2, -0.15) is 0 Å². The van der Waals surface area contributed by atoms with Crippen LogP contribution in [0.2, 0.25) is 0 Å². The van der Waals surface area contributed by atoms with Crippen molar-refractivity contribution < 1.29 is 18.7 Å². The number of benzene rings is 2. The molecule has 1 atom stereocenters. The van der Waals surface area contributed by atoms with Crippen LogP contribution in [-0.4, -0.2) is 26.7 Å². The van der Waals surface area contributed by atoms with Gasteiger partial charge in [0.15, 0.2) is 11.5 Å². The first-order valence-corrected chi connectivity index (χ1v) is 10.1. The third kappa shape index (κ3) is 3.74. The van der Waals surface area contributed by atoms with Gasteiger partial charge in [-0.15, -0.1) is 0 Å². The van der Waals surface area contributed by atoms with E-state index in [1.54, 1.807) is 32.4 Å². The lowest BCUT2D eigenvalue weighted by Gasteiger charge is -2.21. The molecule has 152 valence electrons. The topological polar surface area (TPSA) is 47.6 Å². The summed E-state index contributed by atoms with van der Waals surface area (Å²) in [6.45, 7) is 0.509. The van der Waals surface area contributed by atoms with Crippen molar-refractivity contribution in [3.63, 3.8) is 0 Å². The van der Waals surface area contributed by atoms with E-state index in [-0.39, 0.29) is 24.1 Å². The van der Waals surface area contributed by atoms with Crippen molar-refractivity contribution in [3.8, 4) is 11.5 Å². The van der Waals surface area contributed by atoms with Gasteiger partial charge in [-0.25, -0.2) is 4.39 Å². The van der Waals surface area contributed by atoms with Crippen LogP contribution in [0.5, 0.6) is 11.5 Å². The van der Waals surface area contributed by atoms with Gasteiger partial charge < -0.3 is 14.8 Å². The minimum atomic E-state index is -0.344. The molecule has 0 saturated carbocycles. The number of rotatable bonds is 6. The Morgan fingerprint density at radius 1 is 1.10 bits per heavy atom. The maximum atomic E-state index is 13.9. The zero-order valence-corrected chi connectivity index (χ0v) is 16.9. The summed E-state index contributed by atoms with van der Waals surface area (Å²) in [7, 11) is 3.29. The molecule has 0 saturated heterocycles. The first-order valence-electron chi connectivity index (χ1n) is 10.1. The van der Waals surface area contributed by atoms with E-state index in [4.69, 9.17) is 9.47 Å². The van der Waals surface area contributed by atoms with Gasteiger partial charge >= 0.3 is 0 Å². The number of hydrogen-bond donors (Lipinski definition) is 1. The number of carbonyl (C=O) groups excluding carboxylic acids is 1. The van der Waals surface area contributed by atoms with E-state index in [1.165, 1.54) is 41.2 Å². The van der Waals surface area contributed by atoms with Gasteiger partial charge in [-0.3, -0.25) is 4.79 Å². The average Bonchev–Trinajstić information content (AvgIpc) is 3.05. The second kappa shape index (κ2) is 8.27. The summed E-state index contributed by atoms with van der Waals surface area (Å²) in [5.74, 6) is 1.05. The highest BCUT2D eigenvalue weighted by atomic mass is 19.1. The van der Waals surface area contributed by atoms with Gasteiger partial charge in [0.1, 0.15) is 5.82 Å². The Morgan fingerprint density at radius 2 is 1.83 bits per heavy atom. The lowest BCUT2D eigenvalue weighted by atomic mass is 9.87. The maximum absolute atomic E-state index is 13.9. The van der Waals surface area contributed by atoms with E-state index < -0.39 is 0 Å². The van der Waals surface area contributed by atoms with Crippen LogP contribution in [0.1, 0.15) is 48.3 Å². The van der Waals surface area contributed by atoms with Crippen molar-refractivity contribution in [3.05, 3.63) is 64.5 Å². The molecule has 0 radical (unpaired) electrons. The molecule has 2 aliphatic carbocycles. The fraction of sp³-hybridized carbons (Fsp3) is 0.375. The van der Waals surface area contributed by atoms with Gasteiger partial charge in [-0.1, -0.05) is 23.8 Å². The van der Waals surface area contributed by atoms with E-state index in [0.29, 0.717) is 17.9 Å². The van der Waals surface area contributed by atoms with Crippen molar-refractivity contribution in [1.29, 1.82) is 0 Å². The molecular formula is C24H26FNO3. The van der Waals surface area contributed by atoms with Crippen molar-refractivity contribution in [2.24, 2.45) is 0 Å². The smallest absolute Gasteiger partial charge is 0.224 e. The van der Waals surface area contributed by atoms with E-state index in [1.807, 2.05) is 6.07 Å². The average molecular weight is 395 g/mol. The number of halogens is 1. The first kappa shape index (κ1) is 19.5. The Balaban J connectivity index is 1.56. The monoisotopic (exact) mass is 395 g/mol. The van der Waals surface area contributed by atoms with Crippen molar-refractivity contribution >= 4 is 11.5 Å². The molecule has 2 aromatic rings. The Labute approximate surface area is 170 Å². The molecule has 5 heteroatoms. The van der Waals surface area contributed by atoms with Gasteiger partial charge in [0, 0.05) is 12.5 Å². The predicted octanol–water partition coefficient (Wildman–Crippen LogP) is 4.63. The summed E-state index contributed by atoms with van der Waals surface area (Å²) in [5, 5.41) is 3.03. The lowest BCUT2D eigenvalue weighted by Crippen LogP contribution is -2.30. The van der Waals surface area contributed by atoms with Crippen LogP contribution in [-0.2, 0) is 11.2 Å². The van der Waals surface area contributed by atoms with Crippen molar-refractivity contribution in [2.75, 3.05) is 20.8 Å². The van der Waals surface area contributed by atoms with Gasteiger partial charge in [-0.05, 0) is 66.1 Å². The van der Waals surface area contributed by atoms with Gasteiger partial charge in [0.05, 0.1) is 20.6 Å². The number of nitrogens with one attached hydrogen (secondary N) is 1. The molecule has 0 spiro atoms. The maximum Gasteiger partial charge on any atom is 0.224 e. The molecule has 29 heavy (non-hydrogen) atoms. The zero-order valence-electron chi connectivity index (χ0n) is 16.9. The highest BCUT2D eigenvalue weighted by molar-refractivity contribution is 5.82. The highest BCUT2D eigenvalue weighted by Gasteiger charge is 2.34. The summed E-state index contributed by atoms with van der Waals surface area (Å²) in [6.07, 6.45) is 4.49. The van der Waals surface area contributed by atoms with Crippen LogP contribution < -0.4 is 14.8 Å². The fourth-order valence-corrected chi connectivity index (χ4v) is 4.58. The molecule has 0 fully saturated rings. The van der Waals surface area contributed by atoms with Crippen LogP contribution in [0.4, 0.5) is 4.39 Å². The molecular weight excluding hydrogens is 369 g/mol. The number of ether oxygens (including phenoxy) is 2. The zero-order chi connectivity index (χ0) is 20.4. The lowest BCUT2D eigenvalue weighted by molar-refractivity contribution is -0.120. The molecule has 0 bridgehead atoms. The van der Waals surface area contributed by atoms with Crippen LogP contribution >= 0.6 is 0 Å². The minimum Gasteiger partial charge on any atom is -0.493 e. The molecule has 0 unspecified atom stereocenters. The van der Waals surface area contributed by atoms with Crippen molar-refractivity contribution in [2.45, 2.75) is 38.0 Å². The molecule has 2 aromatic carbocycles. The first-order chi connectivity index (χ1) is 14.1. The number of amides is 1. The Hall–Kier alpha value is -2.82. The van der Waals surface area contributed by atoms with Crippen LogP contribution in [0.3, 0.4) is 0 Å². The quantitative estimate of drug-likeness (QED) is 0.776. The molecule has 0 aromatic heterocycles. The Kier molecular flexibility index (Phi) is 5.56. The Morgan fingerprint density at radius 3 is 2.59 bits per heavy atom. The third-order valence-corrected chi connectivity index (χ3v) is 6.00. The van der Waals surface area contributed by atoms with Gasteiger partial charge in [0.25, 0.3) is 0 Å². The Bertz CT molecular complexity index is 967. The SMILES string of the molecule is COc1cc2c(cc1OC)[C@H](CNC(=O)Cc1ccccc1F)C1=C2CCCC1. The molecule has 1 amide bonds. The van der Waals surface area contributed by atoms with Crippen LogP contribution in [0, 0.1) is 5.82 Å². The van der Waals surface area contributed by atoms with E-state index >= 15 is 0 Å². The highest BCUT2D eigenvalue weighted by Crippen LogP contribution is 2.51. The molecule has 2 aliphatic rings.